The molecule has 4 atom stereocenters. The Hall–Kier alpha value is -4.91. The van der Waals surface area contributed by atoms with Crippen molar-refractivity contribution in [2.45, 2.75) is 20.3 Å². The zero-order chi connectivity index (χ0) is 29.1. The molecule has 0 spiro atoms. The van der Waals surface area contributed by atoms with Crippen molar-refractivity contribution >= 4 is 40.2 Å². The molecule has 0 N–H and O–H groups in total. The lowest BCUT2D eigenvalue weighted by molar-refractivity contribution is -0.123. The SMILES string of the molecule is Cc1ccc(C(=O)COC(=O)c2cc(-c3ccc(N4C(=O)C5C6C=CC(C6)C5C4=O)cc3)nc3ccc(C)cc23)cc1. The predicted octanol–water partition coefficient (Wildman–Crippen LogP) is 5.87. The van der Waals surface area contributed by atoms with E-state index in [4.69, 9.17) is 9.72 Å². The molecule has 7 heteroatoms. The molecule has 7 nitrogen and oxygen atoms in total. The fraction of sp³-hybridized carbons (Fsp3) is 0.229. The van der Waals surface area contributed by atoms with Gasteiger partial charge in [0.1, 0.15) is 0 Å². The van der Waals surface area contributed by atoms with Crippen molar-refractivity contribution in [1.29, 1.82) is 0 Å². The number of imide groups is 1. The number of aromatic nitrogens is 1. The number of hydrogen-bond donors (Lipinski definition) is 0. The molecule has 7 rings (SSSR count). The van der Waals surface area contributed by atoms with Crippen molar-refractivity contribution < 1.29 is 23.9 Å². The lowest BCUT2D eigenvalue weighted by atomic mass is 9.85. The van der Waals surface area contributed by atoms with Crippen LogP contribution in [0.4, 0.5) is 5.69 Å². The molecule has 1 aromatic heterocycles. The van der Waals surface area contributed by atoms with Crippen molar-refractivity contribution in [2.75, 3.05) is 11.5 Å². The summed E-state index contributed by atoms with van der Waals surface area (Å²) in [5.74, 6) is -1.37. The number of carbonyl (C=O) groups excluding carboxylic acids is 4. The Morgan fingerprint density at radius 3 is 2.14 bits per heavy atom. The monoisotopic (exact) mass is 556 g/mol. The van der Waals surface area contributed by atoms with E-state index in [1.54, 1.807) is 42.5 Å². The van der Waals surface area contributed by atoms with E-state index in [2.05, 4.69) is 12.2 Å². The number of pyridine rings is 1. The number of carbonyl (C=O) groups is 4. The molecule has 2 heterocycles. The van der Waals surface area contributed by atoms with Crippen molar-refractivity contribution in [3.8, 4) is 11.3 Å². The highest BCUT2D eigenvalue weighted by atomic mass is 16.5. The van der Waals surface area contributed by atoms with Gasteiger partial charge in [0.2, 0.25) is 11.8 Å². The smallest absolute Gasteiger partial charge is 0.339 e. The third-order valence-electron chi connectivity index (χ3n) is 8.78. The van der Waals surface area contributed by atoms with Gasteiger partial charge in [-0.3, -0.25) is 19.3 Å². The molecule has 0 radical (unpaired) electrons. The summed E-state index contributed by atoms with van der Waals surface area (Å²) in [6.45, 7) is 3.49. The maximum atomic E-state index is 13.3. The molecule has 1 saturated carbocycles. The van der Waals surface area contributed by atoms with Gasteiger partial charge < -0.3 is 4.74 Å². The van der Waals surface area contributed by atoms with E-state index in [1.807, 2.05) is 44.2 Å². The second-order valence-corrected chi connectivity index (χ2v) is 11.5. The summed E-state index contributed by atoms with van der Waals surface area (Å²) < 4.78 is 5.48. The van der Waals surface area contributed by atoms with Crippen LogP contribution in [-0.2, 0) is 14.3 Å². The minimum absolute atomic E-state index is 0.126. The lowest BCUT2D eigenvalue weighted by Gasteiger charge is -2.17. The van der Waals surface area contributed by atoms with Crippen LogP contribution in [0, 0.1) is 37.5 Å². The summed E-state index contributed by atoms with van der Waals surface area (Å²) in [5, 5.41) is 0.631. The topological polar surface area (TPSA) is 93.6 Å². The molecule has 1 aliphatic heterocycles. The van der Waals surface area contributed by atoms with Gasteiger partial charge in [0.05, 0.1) is 34.3 Å². The lowest BCUT2D eigenvalue weighted by Crippen LogP contribution is -2.32. The zero-order valence-electron chi connectivity index (χ0n) is 23.2. The van der Waals surface area contributed by atoms with Gasteiger partial charge in [-0.25, -0.2) is 9.78 Å². The molecule has 3 aliphatic rings. The molecule has 2 fully saturated rings. The number of allylic oxidation sites excluding steroid dienone is 2. The summed E-state index contributed by atoms with van der Waals surface area (Å²) >= 11 is 0. The normalized spacial score (nSPS) is 22.2. The third kappa shape index (κ3) is 4.24. The highest BCUT2D eigenvalue weighted by Gasteiger charge is 2.59. The Morgan fingerprint density at radius 2 is 1.48 bits per heavy atom. The van der Waals surface area contributed by atoms with E-state index in [9.17, 15) is 19.2 Å². The Morgan fingerprint density at radius 1 is 0.833 bits per heavy atom. The summed E-state index contributed by atoms with van der Waals surface area (Å²) in [6, 6.07) is 21.5. The molecule has 42 heavy (non-hydrogen) atoms. The van der Waals surface area contributed by atoms with Crippen LogP contribution in [0.5, 0.6) is 0 Å². The van der Waals surface area contributed by atoms with Gasteiger partial charge in [-0.1, -0.05) is 65.7 Å². The van der Waals surface area contributed by atoms with Gasteiger partial charge in [-0.05, 0) is 62.4 Å². The summed E-state index contributed by atoms with van der Waals surface area (Å²) in [4.78, 5) is 58.5. The Kier molecular flexibility index (Phi) is 6.12. The maximum Gasteiger partial charge on any atom is 0.339 e. The zero-order valence-corrected chi connectivity index (χ0v) is 23.2. The van der Waals surface area contributed by atoms with Gasteiger partial charge >= 0.3 is 5.97 Å². The van der Waals surface area contributed by atoms with Crippen molar-refractivity contribution in [3.05, 3.63) is 107 Å². The van der Waals surface area contributed by atoms with Crippen LogP contribution in [0.25, 0.3) is 22.2 Å². The number of esters is 1. The predicted molar refractivity (Wildman–Crippen MR) is 158 cm³/mol. The van der Waals surface area contributed by atoms with Crippen LogP contribution in [0.1, 0.15) is 38.3 Å². The average molecular weight is 557 g/mol. The van der Waals surface area contributed by atoms with Crippen molar-refractivity contribution in [3.63, 3.8) is 0 Å². The van der Waals surface area contributed by atoms with Crippen LogP contribution in [0.2, 0.25) is 0 Å². The average Bonchev–Trinajstić information content (AvgIpc) is 3.69. The van der Waals surface area contributed by atoms with Crippen LogP contribution in [0.15, 0.2) is 84.9 Å². The van der Waals surface area contributed by atoms with Gasteiger partial charge in [0.25, 0.3) is 0 Å². The maximum absolute atomic E-state index is 13.3. The highest BCUT2D eigenvalue weighted by molar-refractivity contribution is 6.22. The van der Waals surface area contributed by atoms with Gasteiger partial charge in [-0.15, -0.1) is 0 Å². The highest BCUT2D eigenvalue weighted by Crippen LogP contribution is 2.53. The number of Topliss-reactive ketones (excluding diaryl/α,β-unsaturated/α-hetero) is 1. The molecule has 3 aromatic carbocycles. The Balaban J connectivity index is 1.16. The summed E-state index contributed by atoms with van der Waals surface area (Å²) in [7, 11) is 0. The number of ether oxygens (including phenoxy) is 1. The molecule has 2 amide bonds. The Labute approximate surface area is 242 Å². The number of aryl methyl sites for hydroxylation is 2. The van der Waals surface area contributed by atoms with Gasteiger partial charge in [0.15, 0.2) is 12.4 Å². The molecule has 208 valence electrons. The van der Waals surface area contributed by atoms with Crippen LogP contribution < -0.4 is 4.90 Å². The van der Waals surface area contributed by atoms with E-state index < -0.39 is 5.97 Å². The number of hydrogen-bond acceptors (Lipinski definition) is 6. The molecule has 4 unspecified atom stereocenters. The number of fused-ring (bicyclic) bond motifs is 6. The minimum atomic E-state index is -0.616. The Bertz CT molecular complexity index is 1790. The van der Waals surface area contributed by atoms with E-state index in [0.717, 1.165) is 17.5 Å². The first-order valence-corrected chi connectivity index (χ1v) is 14.1. The molecular formula is C35H28N2O5. The quantitative estimate of drug-likeness (QED) is 0.128. The minimum Gasteiger partial charge on any atom is -0.454 e. The first-order chi connectivity index (χ1) is 20.3. The van der Waals surface area contributed by atoms with E-state index in [0.29, 0.717) is 39.0 Å². The van der Waals surface area contributed by atoms with Crippen LogP contribution in [0.3, 0.4) is 0 Å². The molecule has 4 aromatic rings. The third-order valence-corrected chi connectivity index (χ3v) is 8.78. The van der Waals surface area contributed by atoms with Crippen LogP contribution >= 0.6 is 0 Å². The van der Waals surface area contributed by atoms with E-state index in [-0.39, 0.29) is 47.9 Å². The first-order valence-electron chi connectivity index (χ1n) is 14.1. The fourth-order valence-corrected chi connectivity index (χ4v) is 6.63. The van der Waals surface area contributed by atoms with E-state index >= 15 is 0 Å². The van der Waals surface area contributed by atoms with E-state index in [1.165, 1.54) is 4.90 Å². The number of rotatable bonds is 6. The molecular weight excluding hydrogens is 528 g/mol. The molecule has 2 bridgehead atoms. The van der Waals surface area contributed by atoms with Gasteiger partial charge in [-0.2, -0.15) is 0 Å². The second kappa shape index (κ2) is 9.87. The van der Waals surface area contributed by atoms with Gasteiger partial charge in [0, 0.05) is 16.5 Å². The second-order valence-electron chi connectivity index (χ2n) is 11.5. The summed E-state index contributed by atoms with van der Waals surface area (Å²) in [6.07, 6.45) is 5.05. The fourth-order valence-electron chi connectivity index (χ4n) is 6.63. The number of benzene rings is 3. The standard InChI is InChI=1S/C35H28N2O5/c1-19-3-6-22(7-4-19)30(38)18-42-35(41)27-17-29(36-28-14-5-20(2)15-26(27)28)21-10-12-25(13-11-21)37-33(39)31-23-8-9-24(16-23)32(31)34(37)40/h3-15,17,23-24,31-32H,16,18H2,1-2H3. The number of ketones is 1. The molecule has 1 saturated heterocycles. The van der Waals surface area contributed by atoms with Crippen molar-refractivity contribution in [2.24, 2.45) is 23.7 Å². The first kappa shape index (κ1) is 26.0. The number of amides is 2. The number of nitrogens with zero attached hydrogens (tertiary/aromatic N) is 2. The van der Waals surface area contributed by atoms with Crippen LogP contribution in [-0.4, -0.2) is 35.2 Å². The van der Waals surface area contributed by atoms with Crippen molar-refractivity contribution in [1.82, 2.24) is 4.98 Å². The number of anilines is 1. The molecule has 2 aliphatic carbocycles. The largest absolute Gasteiger partial charge is 0.454 e. The summed E-state index contributed by atoms with van der Waals surface area (Å²) in [5.41, 5.74) is 5.17.